The van der Waals surface area contributed by atoms with Crippen molar-refractivity contribution in [3.63, 3.8) is 0 Å². The number of nitrogens with zero attached hydrogens (tertiary/aromatic N) is 2. The molecule has 0 aliphatic rings. The van der Waals surface area contributed by atoms with Gasteiger partial charge in [-0.25, -0.2) is 8.78 Å². The van der Waals surface area contributed by atoms with Gasteiger partial charge in [0.2, 0.25) is 0 Å². The molecular weight excluding hydrogens is 450 g/mol. The van der Waals surface area contributed by atoms with E-state index in [4.69, 9.17) is 9.98 Å². The molecule has 0 saturated heterocycles. The van der Waals surface area contributed by atoms with Crippen LogP contribution in [0.1, 0.15) is 61.8 Å². The Labute approximate surface area is 212 Å². The largest absolute Gasteiger partial charge is 0.252 e. The molecule has 2 unspecified atom stereocenters. The molecule has 0 amide bonds. The average molecular weight is 481 g/mol. The molecule has 0 aromatic heterocycles. The third-order valence-corrected chi connectivity index (χ3v) is 6.61. The van der Waals surface area contributed by atoms with Crippen LogP contribution in [-0.4, -0.2) is 11.4 Å². The number of hydrogen-bond donors (Lipinski definition) is 0. The quantitative estimate of drug-likeness (QED) is 0.236. The smallest absolute Gasteiger partial charge is 0.123 e. The zero-order valence-electron chi connectivity index (χ0n) is 21.0. The van der Waals surface area contributed by atoms with Gasteiger partial charge in [-0.3, -0.25) is 9.98 Å². The van der Waals surface area contributed by atoms with Gasteiger partial charge in [-0.1, -0.05) is 74.5 Å². The van der Waals surface area contributed by atoms with Gasteiger partial charge in [0.1, 0.15) is 11.6 Å². The Bertz CT molecular complexity index is 1280. The molecule has 4 aromatic rings. The molecule has 36 heavy (non-hydrogen) atoms. The van der Waals surface area contributed by atoms with E-state index in [-0.39, 0.29) is 23.5 Å². The molecule has 2 atom stereocenters. The van der Waals surface area contributed by atoms with Gasteiger partial charge < -0.3 is 0 Å². The Kier molecular flexibility index (Phi) is 7.84. The van der Waals surface area contributed by atoms with E-state index >= 15 is 0 Å². The van der Waals surface area contributed by atoms with E-state index < -0.39 is 0 Å². The van der Waals surface area contributed by atoms with Crippen molar-refractivity contribution in [2.24, 2.45) is 9.98 Å². The predicted octanol–water partition coefficient (Wildman–Crippen LogP) is 9.15. The van der Waals surface area contributed by atoms with Gasteiger partial charge >= 0.3 is 0 Å². The lowest BCUT2D eigenvalue weighted by Crippen LogP contribution is -2.06. The van der Waals surface area contributed by atoms with Gasteiger partial charge in [-0.2, -0.15) is 0 Å². The molecule has 0 saturated carbocycles. The number of rotatable bonds is 7. The molecule has 4 heteroatoms. The average Bonchev–Trinajstić information content (AvgIpc) is 2.90. The van der Waals surface area contributed by atoms with Crippen molar-refractivity contribution < 1.29 is 8.78 Å². The molecule has 0 fully saturated rings. The van der Waals surface area contributed by atoms with Crippen LogP contribution >= 0.6 is 0 Å². The lowest BCUT2D eigenvalue weighted by molar-refractivity contribution is 0.624. The first-order chi connectivity index (χ1) is 17.3. The Hall–Kier alpha value is -3.92. The van der Waals surface area contributed by atoms with Crippen molar-refractivity contribution >= 4 is 22.8 Å². The summed E-state index contributed by atoms with van der Waals surface area (Å²) in [6, 6.07) is 29.4. The summed E-state index contributed by atoms with van der Waals surface area (Å²) in [6.07, 6.45) is 0. The monoisotopic (exact) mass is 480 g/mol. The number of halogens is 2. The van der Waals surface area contributed by atoms with Crippen molar-refractivity contribution in [1.82, 2.24) is 0 Å². The normalized spacial score (nSPS) is 13.9. The molecule has 0 spiro atoms. The molecule has 0 bridgehead atoms. The minimum absolute atomic E-state index is 0.0267. The van der Waals surface area contributed by atoms with Crippen LogP contribution in [0.4, 0.5) is 20.2 Å². The molecule has 182 valence electrons. The van der Waals surface area contributed by atoms with Gasteiger partial charge in [-0.15, -0.1) is 0 Å². The van der Waals surface area contributed by atoms with Crippen molar-refractivity contribution in [2.45, 2.75) is 39.5 Å². The first-order valence-electron chi connectivity index (χ1n) is 12.1. The summed E-state index contributed by atoms with van der Waals surface area (Å²) < 4.78 is 28.4. The maximum absolute atomic E-state index is 14.2. The van der Waals surface area contributed by atoms with Crippen LogP contribution in [-0.2, 0) is 0 Å². The van der Waals surface area contributed by atoms with E-state index in [0.29, 0.717) is 22.8 Å². The van der Waals surface area contributed by atoms with Crippen molar-refractivity contribution in [1.29, 1.82) is 0 Å². The summed E-state index contributed by atoms with van der Waals surface area (Å²) >= 11 is 0. The highest BCUT2D eigenvalue weighted by molar-refractivity contribution is 6.41. The lowest BCUT2D eigenvalue weighted by Gasteiger charge is -2.16. The standard InChI is InChI=1S/C32H30F2N2/c1-21(25-11-7-5-8-12-25)29-19-27(33)15-17-31(29)35-23(3)24(4)36-32-18-16-28(34)20-30(32)22(2)26-13-9-6-10-14-26/h5-22H,1-4H3. The zero-order valence-corrected chi connectivity index (χ0v) is 21.0. The third-order valence-electron chi connectivity index (χ3n) is 6.61. The molecule has 4 aromatic carbocycles. The first kappa shape index (κ1) is 25.2. The molecular formula is C32H30F2N2. The molecule has 0 aliphatic heterocycles. The van der Waals surface area contributed by atoms with Crippen LogP contribution in [0.25, 0.3) is 0 Å². The fraction of sp³-hybridized carbons (Fsp3) is 0.188. The van der Waals surface area contributed by atoms with Crippen molar-refractivity contribution in [3.8, 4) is 0 Å². The van der Waals surface area contributed by atoms with Gasteiger partial charge in [0.05, 0.1) is 22.8 Å². The summed E-state index contributed by atoms with van der Waals surface area (Å²) in [5.41, 5.74) is 6.65. The van der Waals surface area contributed by atoms with Crippen LogP contribution in [0, 0.1) is 11.6 Å². The second kappa shape index (κ2) is 11.2. The van der Waals surface area contributed by atoms with Gasteiger partial charge in [0.25, 0.3) is 0 Å². The SMILES string of the molecule is CC(=Nc1ccc(F)cc1C(C)c1ccccc1)C(C)=Nc1ccc(F)cc1C(C)c1ccccc1. The second-order valence-electron chi connectivity index (χ2n) is 9.07. The van der Waals surface area contributed by atoms with E-state index in [2.05, 4.69) is 13.8 Å². The fourth-order valence-corrected chi connectivity index (χ4v) is 4.31. The van der Waals surface area contributed by atoms with Crippen LogP contribution in [0.3, 0.4) is 0 Å². The van der Waals surface area contributed by atoms with Crippen LogP contribution in [0.15, 0.2) is 107 Å². The minimum Gasteiger partial charge on any atom is -0.252 e. The maximum Gasteiger partial charge on any atom is 0.123 e. The molecule has 2 nitrogen and oxygen atoms in total. The molecule has 0 aliphatic carbocycles. The van der Waals surface area contributed by atoms with Crippen molar-refractivity contribution in [2.75, 3.05) is 0 Å². The Morgan fingerprint density at radius 2 is 0.917 bits per heavy atom. The summed E-state index contributed by atoms with van der Waals surface area (Å²) in [6.45, 7) is 7.89. The van der Waals surface area contributed by atoms with E-state index in [1.165, 1.54) is 12.1 Å². The number of hydrogen-bond acceptors (Lipinski definition) is 2. The minimum atomic E-state index is -0.291. The summed E-state index contributed by atoms with van der Waals surface area (Å²) in [7, 11) is 0. The van der Waals surface area contributed by atoms with E-state index in [9.17, 15) is 8.78 Å². The lowest BCUT2D eigenvalue weighted by atomic mass is 9.91. The maximum atomic E-state index is 14.2. The zero-order chi connectivity index (χ0) is 25.7. The number of aliphatic imine (C=N–C) groups is 2. The summed E-state index contributed by atoms with van der Waals surface area (Å²) in [5, 5.41) is 0. The fourth-order valence-electron chi connectivity index (χ4n) is 4.31. The number of benzene rings is 4. The molecule has 4 rings (SSSR count). The highest BCUT2D eigenvalue weighted by atomic mass is 19.1. The van der Waals surface area contributed by atoms with Crippen molar-refractivity contribution in [3.05, 3.63) is 131 Å². The molecule has 0 N–H and O–H groups in total. The van der Waals surface area contributed by atoms with Crippen LogP contribution in [0.2, 0.25) is 0 Å². The summed E-state index contributed by atoms with van der Waals surface area (Å²) in [5.74, 6) is -0.636. The van der Waals surface area contributed by atoms with Gasteiger partial charge in [0.15, 0.2) is 0 Å². The van der Waals surface area contributed by atoms with E-state index in [1.54, 1.807) is 24.3 Å². The van der Waals surface area contributed by atoms with Gasteiger partial charge in [-0.05, 0) is 72.5 Å². The van der Waals surface area contributed by atoms with E-state index in [1.807, 2.05) is 74.5 Å². The third kappa shape index (κ3) is 5.83. The highest BCUT2D eigenvalue weighted by Crippen LogP contribution is 2.34. The van der Waals surface area contributed by atoms with Gasteiger partial charge in [0, 0.05) is 11.8 Å². The second-order valence-corrected chi connectivity index (χ2v) is 9.07. The predicted molar refractivity (Wildman–Crippen MR) is 146 cm³/mol. The first-order valence-corrected chi connectivity index (χ1v) is 12.1. The topological polar surface area (TPSA) is 24.7 Å². The Balaban J connectivity index is 1.70. The Morgan fingerprint density at radius 3 is 1.28 bits per heavy atom. The molecule has 0 heterocycles. The molecule has 0 radical (unpaired) electrons. The highest BCUT2D eigenvalue weighted by Gasteiger charge is 2.16. The Morgan fingerprint density at radius 1 is 0.556 bits per heavy atom. The summed E-state index contributed by atoms with van der Waals surface area (Å²) in [4.78, 5) is 9.68. The van der Waals surface area contributed by atoms with E-state index in [0.717, 1.165) is 22.3 Å². The van der Waals surface area contributed by atoms with Crippen LogP contribution < -0.4 is 0 Å². The van der Waals surface area contributed by atoms with Crippen LogP contribution in [0.5, 0.6) is 0 Å².